The van der Waals surface area contributed by atoms with Gasteiger partial charge in [-0.05, 0) is 62.1 Å². The lowest BCUT2D eigenvalue weighted by molar-refractivity contribution is -0.122. The highest BCUT2D eigenvalue weighted by molar-refractivity contribution is 5.84. The molecule has 0 radical (unpaired) electrons. The number of nitrogens with one attached hydrogen (secondary N) is 2. The maximum absolute atomic E-state index is 13.4. The topological polar surface area (TPSA) is 107 Å². The summed E-state index contributed by atoms with van der Waals surface area (Å²) in [4.78, 5) is 39.4. The summed E-state index contributed by atoms with van der Waals surface area (Å²) in [6.45, 7) is 10.3. The fourth-order valence-electron chi connectivity index (χ4n) is 5.22. The van der Waals surface area contributed by atoms with E-state index >= 15 is 0 Å². The number of carbonyl (C=O) groups is 1. The first kappa shape index (κ1) is 23.4. The van der Waals surface area contributed by atoms with Crippen LogP contribution in [0.3, 0.4) is 0 Å². The van der Waals surface area contributed by atoms with E-state index < -0.39 is 0 Å². The van der Waals surface area contributed by atoms with Crippen LogP contribution < -0.4 is 16.2 Å². The van der Waals surface area contributed by atoms with E-state index in [-0.39, 0.29) is 28.5 Å². The Labute approximate surface area is 214 Å². The van der Waals surface area contributed by atoms with Gasteiger partial charge in [-0.2, -0.15) is 4.98 Å². The third-order valence-corrected chi connectivity index (χ3v) is 7.23. The van der Waals surface area contributed by atoms with Crippen molar-refractivity contribution in [3.8, 4) is 5.69 Å². The molecule has 3 aromatic heterocycles. The van der Waals surface area contributed by atoms with E-state index in [0.717, 1.165) is 35.5 Å². The minimum absolute atomic E-state index is 0.0610. The minimum Gasteiger partial charge on any atom is -0.346 e. The Morgan fingerprint density at radius 1 is 1.08 bits per heavy atom. The van der Waals surface area contributed by atoms with Crippen molar-refractivity contribution >= 4 is 28.6 Å². The quantitative estimate of drug-likeness (QED) is 0.436. The molecule has 6 rings (SSSR count). The monoisotopic (exact) mass is 497 g/mol. The number of hydrogen-bond donors (Lipinski definition) is 2. The molecule has 0 unspecified atom stereocenters. The lowest BCUT2D eigenvalue weighted by atomic mass is 9.91. The Morgan fingerprint density at radius 2 is 1.86 bits per heavy atom. The van der Waals surface area contributed by atoms with Crippen molar-refractivity contribution in [3.05, 3.63) is 69.9 Å². The number of pyridine rings is 1. The Morgan fingerprint density at radius 3 is 2.57 bits per heavy atom. The van der Waals surface area contributed by atoms with E-state index in [1.807, 2.05) is 42.8 Å². The average molecular weight is 498 g/mol. The van der Waals surface area contributed by atoms with Crippen LogP contribution in [0, 0.1) is 0 Å². The Balaban J connectivity index is 1.44. The van der Waals surface area contributed by atoms with E-state index in [2.05, 4.69) is 47.4 Å². The summed E-state index contributed by atoms with van der Waals surface area (Å²) in [5.41, 5.74) is 4.84. The molecule has 4 heterocycles. The SMILES string of the molecule is CC(C)n1c(=O)c2cnc(Nc3ccc4c(c3)CC(=O)NC43CC3)nc2n1-c1ccnc(C(C)(C)C)c1. The molecule has 1 saturated carbocycles. The summed E-state index contributed by atoms with van der Waals surface area (Å²) in [5, 5.41) is 6.88. The van der Waals surface area contributed by atoms with Gasteiger partial charge >= 0.3 is 0 Å². The highest BCUT2D eigenvalue weighted by Crippen LogP contribution is 2.49. The smallest absolute Gasteiger partial charge is 0.278 e. The van der Waals surface area contributed by atoms with Crippen molar-refractivity contribution in [2.75, 3.05) is 5.32 Å². The van der Waals surface area contributed by atoms with Gasteiger partial charge in [0.2, 0.25) is 11.9 Å². The predicted octanol–water partition coefficient (Wildman–Crippen LogP) is 4.26. The number of anilines is 2. The fraction of sp³-hybridized carbons (Fsp3) is 0.393. The Bertz CT molecular complexity index is 1620. The molecule has 190 valence electrons. The number of rotatable bonds is 4. The van der Waals surface area contributed by atoms with Gasteiger partial charge in [-0.1, -0.05) is 26.8 Å². The number of carbonyl (C=O) groups excluding carboxylic acids is 1. The number of amides is 1. The molecule has 0 bridgehead atoms. The maximum atomic E-state index is 13.4. The summed E-state index contributed by atoms with van der Waals surface area (Å²) in [6, 6.07) is 9.89. The van der Waals surface area contributed by atoms with Crippen molar-refractivity contribution in [2.45, 2.75) is 70.9 Å². The van der Waals surface area contributed by atoms with Gasteiger partial charge in [-0.25, -0.2) is 14.3 Å². The summed E-state index contributed by atoms with van der Waals surface area (Å²) >= 11 is 0. The van der Waals surface area contributed by atoms with Crippen LogP contribution in [0.15, 0.2) is 47.5 Å². The zero-order valence-corrected chi connectivity index (χ0v) is 21.8. The predicted molar refractivity (Wildman–Crippen MR) is 142 cm³/mol. The van der Waals surface area contributed by atoms with Crippen LogP contribution in [0.2, 0.25) is 0 Å². The van der Waals surface area contributed by atoms with Crippen LogP contribution in [0.1, 0.15) is 70.3 Å². The zero-order chi connectivity index (χ0) is 26.1. The molecule has 2 N–H and O–H groups in total. The lowest BCUT2D eigenvalue weighted by Crippen LogP contribution is -2.41. The molecule has 9 nitrogen and oxygen atoms in total. The molecule has 2 aliphatic rings. The number of nitrogens with zero attached hydrogens (tertiary/aromatic N) is 5. The highest BCUT2D eigenvalue weighted by atomic mass is 16.2. The normalized spacial score (nSPS) is 16.2. The molecule has 1 aliphatic heterocycles. The molecule has 9 heteroatoms. The molecule has 4 aromatic rings. The maximum Gasteiger partial charge on any atom is 0.278 e. The standard InChI is InChI=1S/C28H31N7O2/c1-16(2)34-25(37)20-15-30-26(32-24(20)35(34)19-8-11-29-22(14-19)27(3,4)5)31-18-6-7-21-17(12-18)13-23(36)33-28(21)9-10-28/h6-8,11-12,14-16H,9-10,13H2,1-5H3,(H,33,36)(H,30,31,32). The van der Waals surface area contributed by atoms with Gasteiger partial charge < -0.3 is 10.6 Å². The van der Waals surface area contributed by atoms with Gasteiger partial charge in [-0.3, -0.25) is 14.6 Å². The number of hydrogen-bond acceptors (Lipinski definition) is 6. The van der Waals surface area contributed by atoms with Crippen molar-refractivity contribution in [1.29, 1.82) is 0 Å². The fourth-order valence-corrected chi connectivity index (χ4v) is 5.22. The van der Waals surface area contributed by atoms with Gasteiger partial charge in [0.1, 0.15) is 5.39 Å². The van der Waals surface area contributed by atoms with Crippen LogP contribution in [0.5, 0.6) is 0 Å². The molecule has 1 amide bonds. The summed E-state index contributed by atoms with van der Waals surface area (Å²) < 4.78 is 3.57. The average Bonchev–Trinajstić information content (AvgIpc) is 3.53. The Kier molecular flexibility index (Phi) is 5.05. The van der Waals surface area contributed by atoms with Crippen molar-refractivity contribution in [3.63, 3.8) is 0 Å². The van der Waals surface area contributed by atoms with Crippen LogP contribution in [-0.4, -0.2) is 30.2 Å². The second-order valence-corrected chi connectivity index (χ2v) is 11.4. The van der Waals surface area contributed by atoms with Crippen molar-refractivity contribution in [2.24, 2.45) is 0 Å². The number of fused-ring (bicyclic) bond motifs is 3. The van der Waals surface area contributed by atoms with Gasteiger partial charge in [0.05, 0.1) is 17.6 Å². The first-order chi connectivity index (χ1) is 17.6. The van der Waals surface area contributed by atoms with E-state index in [1.165, 1.54) is 5.56 Å². The van der Waals surface area contributed by atoms with Crippen LogP contribution in [0.25, 0.3) is 16.7 Å². The van der Waals surface area contributed by atoms with Gasteiger partial charge in [0.25, 0.3) is 5.56 Å². The zero-order valence-electron chi connectivity index (χ0n) is 21.8. The Hall–Kier alpha value is -4.01. The highest BCUT2D eigenvalue weighted by Gasteiger charge is 2.49. The lowest BCUT2D eigenvalue weighted by Gasteiger charge is -2.27. The van der Waals surface area contributed by atoms with Crippen molar-refractivity contribution < 1.29 is 4.79 Å². The second kappa shape index (κ2) is 7.99. The molecule has 1 aliphatic carbocycles. The first-order valence-electron chi connectivity index (χ1n) is 12.7. The third kappa shape index (κ3) is 3.89. The van der Waals surface area contributed by atoms with Gasteiger partial charge in [-0.15, -0.1) is 0 Å². The second-order valence-electron chi connectivity index (χ2n) is 11.4. The number of aromatic nitrogens is 5. The van der Waals surface area contributed by atoms with Crippen molar-refractivity contribution in [1.82, 2.24) is 29.6 Å². The molecular formula is C28H31N7O2. The van der Waals surface area contributed by atoms with E-state index in [4.69, 9.17) is 4.98 Å². The molecule has 0 atom stereocenters. The van der Waals surface area contributed by atoms with Crippen LogP contribution >= 0.6 is 0 Å². The van der Waals surface area contributed by atoms with Gasteiger partial charge in [0, 0.05) is 35.2 Å². The van der Waals surface area contributed by atoms with E-state index in [1.54, 1.807) is 17.1 Å². The first-order valence-corrected chi connectivity index (χ1v) is 12.7. The third-order valence-electron chi connectivity index (χ3n) is 7.23. The largest absolute Gasteiger partial charge is 0.346 e. The molecular weight excluding hydrogens is 466 g/mol. The molecule has 1 aromatic carbocycles. The van der Waals surface area contributed by atoms with E-state index in [9.17, 15) is 9.59 Å². The van der Waals surface area contributed by atoms with E-state index in [0.29, 0.717) is 23.4 Å². The molecule has 37 heavy (non-hydrogen) atoms. The molecule has 1 spiro atoms. The van der Waals surface area contributed by atoms with Gasteiger partial charge in [0.15, 0.2) is 5.65 Å². The summed E-state index contributed by atoms with van der Waals surface area (Å²) in [7, 11) is 0. The molecule has 1 fully saturated rings. The minimum atomic E-state index is -0.176. The van der Waals surface area contributed by atoms with Crippen LogP contribution in [0.4, 0.5) is 11.6 Å². The number of benzene rings is 1. The summed E-state index contributed by atoms with van der Waals surface area (Å²) in [5.74, 6) is 0.444. The van der Waals surface area contributed by atoms with Crippen LogP contribution in [-0.2, 0) is 22.2 Å². The summed E-state index contributed by atoms with van der Waals surface area (Å²) in [6.07, 6.45) is 5.68. The molecule has 0 saturated heterocycles.